The van der Waals surface area contributed by atoms with Crippen LogP contribution in [0.2, 0.25) is 5.15 Å². The molecule has 1 rings (SSSR count). The molecule has 0 fully saturated rings. The van der Waals surface area contributed by atoms with Gasteiger partial charge in [-0.1, -0.05) is 31.0 Å². The molecular formula is C13H20ClN5S. The highest BCUT2D eigenvalue weighted by Crippen LogP contribution is 2.18. The van der Waals surface area contributed by atoms with Crippen molar-refractivity contribution >= 4 is 35.1 Å². The van der Waals surface area contributed by atoms with Gasteiger partial charge in [-0.2, -0.15) is 10.2 Å². The Bertz CT molecular complexity index is 495. The molecule has 0 aliphatic rings. The number of hydrazone groups is 1. The molecule has 0 unspecified atom stereocenters. The first-order valence-corrected chi connectivity index (χ1v) is 7.29. The Kier molecular flexibility index (Phi) is 7.25. The van der Waals surface area contributed by atoms with Crippen LogP contribution in [-0.4, -0.2) is 27.7 Å². The van der Waals surface area contributed by atoms with Crippen molar-refractivity contribution in [3.05, 3.63) is 29.1 Å². The van der Waals surface area contributed by atoms with Gasteiger partial charge in [0.2, 0.25) is 0 Å². The van der Waals surface area contributed by atoms with E-state index in [1.165, 1.54) is 0 Å². The van der Waals surface area contributed by atoms with E-state index in [1.54, 1.807) is 17.0 Å². The molecule has 0 amide bonds. The molecule has 1 aromatic rings. The van der Waals surface area contributed by atoms with Gasteiger partial charge in [0.25, 0.3) is 0 Å². The SMILES string of the molecule is C=CCNC(=S)N/N=C\c1c(C)nn(CCCC)c1Cl. The Morgan fingerprint density at radius 2 is 2.35 bits per heavy atom. The van der Waals surface area contributed by atoms with Crippen LogP contribution in [0.1, 0.15) is 31.0 Å². The second-order valence-corrected chi connectivity index (χ2v) is 5.00. The lowest BCUT2D eigenvalue weighted by Gasteiger charge is -2.03. The van der Waals surface area contributed by atoms with Crippen LogP contribution in [0.5, 0.6) is 0 Å². The van der Waals surface area contributed by atoms with E-state index >= 15 is 0 Å². The smallest absolute Gasteiger partial charge is 0.187 e. The van der Waals surface area contributed by atoms with Gasteiger partial charge in [-0.3, -0.25) is 10.1 Å². The van der Waals surface area contributed by atoms with E-state index in [0.717, 1.165) is 30.6 Å². The van der Waals surface area contributed by atoms with Gasteiger partial charge in [-0.05, 0) is 25.6 Å². The van der Waals surface area contributed by atoms with Crippen molar-refractivity contribution in [3.8, 4) is 0 Å². The second-order valence-electron chi connectivity index (χ2n) is 4.24. The summed E-state index contributed by atoms with van der Waals surface area (Å²) in [6.45, 7) is 9.04. The number of hydrogen-bond donors (Lipinski definition) is 2. The predicted octanol–water partition coefficient (Wildman–Crippen LogP) is 2.63. The quantitative estimate of drug-likeness (QED) is 0.352. The van der Waals surface area contributed by atoms with Crippen molar-refractivity contribution in [2.24, 2.45) is 5.10 Å². The fourth-order valence-electron chi connectivity index (χ4n) is 1.53. The van der Waals surface area contributed by atoms with Gasteiger partial charge in [0.1, 0.15) is 5.15 Å². The summed E-state index contributed by atoms with van der Waals surface area (Å²) in [5, 5.41) is 12.4. The van der Waals surface area contributed by atoms with Crippen molar-refractivity contribution in [1.82, 2.24) is 20.5 Å². The molecule has 1 aromatic heterocycles. The number of nitrogens with one attached hydrogen (secondary N) is 2. The number of aryl methyl sites for hydroxylation is 2. The highest BCUT2D eigenvalue weighted by atomic mass is 35.5. The van der Waals surface area contributed by atoms with Crippen LogP contribution >= 0.6 is 23.8 Å². The first-order chi connectivity index (χ1) is 9.60. The van der Waals surface area contributed by atoms with E-state index in [9.17, 15) is 0 Å². The van der Waals surface area contributed by atoms with Crippen molar-refractivity contribution in [2.45, 2.75) is 33.2 Å². The molecule has 7 heteroatoms. The van der Waals surface area contributed by atoms with E-state index in [4.69, 9.17) is 23.8 Å². The first-order valence-electron chi connectivity index (χ1n) is 6.50. The van der Waals surface area contributed by atoms with Crippen LogP contribution < -0.4 is 10.7 Å². The molecule has 0 radical (unpaired) electrons. The summed E-state index contributed by atoms with van der Waals surface area (Å²) in [5.74, 6) is 0. The Labute approximate surface area is 130 Å². The van der Waals surface area contributed by atoms with Crippen molar-refractivity contribution in [3.63, 3.8) is 0 Å². The van der Waals surface area contributed by atoms with Gasteiger partial charge in [0, 0.05) is 13.1 Å². The minimum absolute atomic E-state index is 0.438. The Morgan fingerprint density at radius 1 is 1.60 bits per heavy atom. The maximum absolute atomic E-state index is 6.28. The average Bonchev–Trinajstić information content (AvgIpc) is 2.70. The number of unbranched alkanes of at least 4 members (excludes halogenated alkanes) is 1. The van der Waals surface area contributed by atoms with Crippen LogP contribution in [0.25, 0.3) is 0 Å². The molecule has 0 aliphatic carbocycles. The van der Waals surface area contributed by atoms with Crippen LogP contribution in [-0.2, 0) is 6.54 Å². The number of hydrogen-bond acceptors (Lipinski definition) is 3. The number of halogens is 1. The van der Waals surface area contributed by atoms with Gasteiger partial charge in [0.15, 0.2) is 5.11 Å². The second kappa shape index (κ2) is 8.71. The van der Waals surface area contributed by atoms with E-state index in [2.05, 4.69) is 34.4 Å². The molecule has 0 saturated carbocycles. The van der Waals surface area contributed by atoms with Crippen LogP contribution in [0.4, 0.5) is 0 Å². The topological polar surface area (TPSA) is 54.2 Å². The van der Waals surface area contributed by atoms with Gasteiger partial charge in [0.05, 0.1) is 17.5 Å². The fourth-order valence-corrected chi connectivity index (χ4v) is 1.97. The van der Waals surface area contributed by atoms with Crippen molar-refractivity contribution in [1.29, 1.82) is 0 Å². The van der Waals surface area contributed by atoms with Gasteiger partial charge >= 0.3 is 0 Å². The van der Waals surface area contributed by atoms with Crippen LogP contribution in [0.3, 0.4) is 0 Å². The first kappa shape index (κ1) is 16.7. The van der Waals surface area contributed by atoms with Crippen LogP contribution in [0, 0.1) is 6.92 Å². The third-order valence-corrected chi connectivity index (χ3v) is 3.23. The molecule has 20 heavy (non-hydrogen) atoms. The largest absolute Gasteiger partial charge is 0.358 e. The highest BCUT2D eigenvalue weighted by Gasteiger charge is 2.10. The molecule has 0 aliphatic heterocycles. The third-order valence-electron chi connectivity index (χ3n) is 2.60. The average molecular weight is 314 g/mol. The molecule has 5 nitrogen and oxygen atoms in total. The molecule has 0 spiro atoms. The molecular weight excluding hydrogens is 294 g/mol. The summed E-state index contributed by atoms with van der Waals surface area (Å²) in [4.78, 5) is 0. The minimum Gasteiger partial charge on any atom is -0.358 e. The number of nitrogens with zero attached hydrogens (tertiary/aromatic N) is 3. The zero-order valence-electron chi connectivity index (χ0n) is 11.8. The monoisotopic (exact) mass is 313 g/mol. The molecule has 2 N–H and O–H groups in total. The summed E-state index contributed by atoms with van der Waals surface area (Å²) >= 11 is 11.3. The van der Waals surface area contributed by atoms with E-state index in [0.29, 0.717) is 16.8 Å². The number of rotatable bonds is 7. The normalized spacial score (nSPS) is 10.8. The van der Waals surface area contributed by atoms with Crippen molar-refractivity contribution < 1.29 is 0 Å². The van der Waals surface area contributed by atoms with Crippen LogP contribution in [0.15, 0.2) is 17.8 Å². The Hall–Kier alpha value is -1.40. The predicted molar refractivity (Wildman–Crippen MR) is 88.4 cm³/mol. The Morgan fingerprint density at radius 3 is 3.00 bits per heavy atom. The molecule has 0 bridgehead atoms. The Balaban J connectivity index is 2.65. The summed E-state index contributed by atoms with van der Waals surface area (Å²) in [6.07, 6.45) is 5.50. The fraction of sp³-hybridized carbons (Fsp3) is 0.462. The molecule has 1 heterocycles. The molecule has 0 atom stereocenters. The third kappa shape index (κ3) is 4.94. The zero-order chi connectivity index (χ0) is 15.0. The lowest BCUT2D eigenvalue weighted by atomic mass is 10.3. The number of thiocarbonyl (C=S) groups is 1. The zero-order valence-corrected chi connectivity index (χ0v) is 13.4. The standard InChI is InChI=1S/C13H20ClN5S/c1-4-6-8-19-12(14)11(10(3)18-19)9-16-17-13(20)15-7-5-2/h5,9H,2,4,6-8H2,1,3H3,(H2,15,17,20)/b16-9-. The molecule has 0 aromatic carbocycles. The van der Waals surface area contributed by atoms with E-state index in [-0.39, 0.29) is 0 Å². The van der Waals surface area contributed by atoms with Crippen molar-refractivity contribution in [2.75, 3.05) is 6.54 Å². The van der Waals surface area contributed by atoms with Gasteiger partial charge in [-0.25, -0.2) is 0 Å². The summed E-state index contributed by atoms with van der Waals surface area (Å²) in [5.41, 5.74) is 4.38. The molecule has 110 valence electrons. The van der Waals surface area contributed by atoms with Gasteiger partial charge < -0.3 is 5.32 Å². The van der Waals surface area contributed by atoms with E-state index in [1.807, 2.05) is 6.92 Å². The maximum atomic E-state index is 6.28. The lowest BCUT2D eigenvalue weighted by Crippen LogP contribution is -2.31. The maximum Gasteiger partial charge on any atom is 0.187 e. The molecule has 0 saturated heterocycles. The lowest BCUT2D eigenvalue weighted by molar-refractivity contribution is 0.569. The summed E-state index contributed by atoms with van der Waals surface area (Å²) in [7, 11) is 0. The van der Waals surface area contributed by atoms with E-state index < -0.39 is 0 Å². The summed E-state index contributed by atoms with van der Waals surface area (Å²) in [6, 6.07) is 0. The minimum atomic E-state index is 0.438. The number of aromatic nitrogens is 2. The van der Waals surface area contributed by atoms with Gasteiger partial charge in [-0.15, -0.1) is 6.58 Å². The highest BCUT2D eigenvalue weighted by molar-refractivity contribution is 7.80. The summed E-state index contributed by atoms with van der Waals surface area (Å²) < 4.78 is 1.80.